The van der Waals surface area contributed by atoms with Gasteiger partial charge in [0.15, 0.2) is 0 Å². The lowest BCUT2D eigenvalue weighted by Gasteiger charge is -2.27. The number of hydrogen-bond donors (Lipinski definition) is 2. The van der Waals surface area contributed by atoms with Crippen LogP contribution in [-0.2, 0) is 11.3 Å². The summed E-state index contributed by atoms with van der Waals surface area (Å²) in [6.45, 7) is 7.58. The van der Waals surface area contributed by atoms with Crippen molar-refractivity contribution < 1.29 is 28.6 Å². The Morgan fingerprint density at radius 3 is 2.60 bits per heavy atom. The number of benzene rings is 2. The molecule has 0 bridgehead atoms. The van der Waals surface area contributed by atoms with Gasteiger partial charge in [-0.15, -0.1) is 0 Å². The first-order valence-electron chi connectivity index (χ1n) is 11.8. The van der Waals surface area contributed by atoms with E-state index in [0.29, 0.717) is 41.1 Å². The van der Waals surface area contributed by atoms with Gasteiger partial charge in [0.25, 0.3) is 5.91 Å². The molecule has 1 aromatic heterocycles. The maximum absolute atomic E-state index is 13.3. The minimum Gasteiger partial charge on any atom is -0.489 e. The molecule has 1 fully saturated rings. The third kappa shape index (κ3) is 5.77. The third-order valence-corrected chi connectivity index (χ3v) is 5.90. The van der Waals surface area contributed by atoms with Gasteiger partial charge in [0.2, 0.25) is 0 Å². The number of rotatable bonds is 6. The van der Waals surface area contributed by atoms with Gasteiger partial charge < -0.3 is 29.2 Å². The van der Waals surface area contributed by atoms with E-state index in [-0.39, 0.29) is 25.1 Å². The number of aryl methyl sites for hydroxylation is 1. The zero-order valence-electron chi connectivity index (χ0n) is 20.5. The number of nitrogens with zero attached hydrogens (tertiary/aromatic N) is 1. The van der Waals surface area contributed by atoms with Crippen molar-refractivity contribution in [3.63, 3.8) is 0 Å². The predicted octanol–water partition coefficient (Wildman–Crippen LogP) is 4.42. The van der Waals surface area contributed by atoms with Gasteiger partial charge in [0.05, 0.1) is 18.2 Å². The third-order valence-electron chi connectivity index (χ3n) is 5.90. The first-order valence-corrected chi connectivity index (χ1v) is 11.8. The molecule has 1 aliphatic heterocycles. The minimum atomic E-state index is -0.647. The summed E-state index contributed by atoms with van der Waals surface area (Å²) in [6, 6.07) is 14.5. The molecule has 2 amide bonds. The molecule has 0 spiro atoms. The van der Waals surface area contributed by atoms with Crippen LogP contribution in [0.15, 0.2) is 52.9 Å². The zero-order valence-corrected chi connectivity index (χ0v) is 20.5. The monoisotopic (exact) mass is 480 g/mol. The Balaban J connectivity index is 1.48. The summed E-state index contributed by atoms with van der Waals surface area (Å²) in [7, 11) is 0. The number of ether oxygens (including phenoxy) is 2. The number of fused-ring (bicyclic) bond motifs is 1. The van der Waals surface area contributed by atoms with E-state index in [1.807, 2.05) is 42.5 Å². The first-order chi connectivity index (χ1) is 16.6. The lowest BCUT2D eigenvalue weighted by molar-refractivity contribution is 0.0173. The fraction of sp³-hybridized carbons (Fsp3) is 0.407. The highest BCUT2D eigenvalue weighted by Crippen LogP contribution is 2.30. The van der Waals surface area contributed by atoms with E-state index < -0.39 is 17.7 Å². The molecular weight excluding hydrogens is 448 g/mol. The molecule has 0 saturated carbocycles. The highest BCUT2D eigenvalue weighted by Gasteiger charge is 2.38. The van der Waals surface area contributed by atoms with Crippen molar-refractivity contribution in [2.45, 2.75) is 58.4 Å². The van der Waals surface area contributed by atoms with Gasteiger partial charge >= 0.3 is 6.09 Å². The molecule has 4 rings (SSSR count). The van der Waals surface area contributed by atoms with Crippen LogP contribution < -0.4 is 10.1 Å². The second-order valence-electron chi connectivity index (χ2n) is 9.84. The van der Waals surface area contributed by atoms with Crippen LogP contribution in [0.25, 0.3) is 11.0 Å². The van der Waals surface area contributed by atoms with Crippen molar-refractivity contribution in [1.29, 1.82) is 0 Å². The summed E-state index contributed by atoms with van der Waals surface area (Å²) >= 11 is 0. The second-order valence-corrected chi connectivity index (χ2v) is 9.84. The molecular formula is C27H32N2O6. The molecule has 35 heavy (non-hydrogen) atoms. The normalized spacial score (nSPS) is 18.0. The van der Waals surface area contributed by atoms with Gasteiger partial charge in [-0.25, -0.2) is 4.79 Å². The molecule has 3 aromatic rings. The predicted molar refractivity (Wildman–Crippen MR) is 131 cm³/mol. The summed E-state index contributed by atoms with van der Waals surface area (Å²) in [5.74, 6) is 0.834. The van der Waals surface area contributed by atoms with Crippen molar-refractivity contribution >= 4 is 23.0 Å². The average molecular weight is 481 g/mol. The SMILES string of the molecule is Cc1oc2ccc(OCc3ccccc3)cc2c1C(=O)N[C@@H]1C[C@H](CO)N(C(=O)OC(C)(C)C)C1. The van der Waals surface area contributed by atoms with E-state index in [2.05, 4.69) is 5.32 Å². The molecule has 2 heterocycles. The Hall–Kier alpha value is -3.52. The number of nitrogens with one attached hydrogen (secondary N) is 1. The number of likely N-dealkylation sites (tertiary alicyclic amines) is 1. The Labute approximate surface area is 204 Å². The standard InChI is InChI=1S/C27H32N2O6/c1-17-24(22-13-21(10-11-23(22)34-17)33-16-18-8-6-5-7-9-18)25(31)28-19-12-20(15-30)29(14-19)26(32)35-27(2,3)4/h5-11,13,19-20,30H,12,14-16H2,1-4H3,(H,28,31)/t19-,20-/m1/s1. The van der Waals surface area contributed by atoms with Crippen LogP contribution >= 0.6 is 0 Å². The highest BCUT2D eigenvalue weighted by molar-refractivity contribution is 6.07. The smallest absolute Gasteiger partial charge is 0.410 e. The van der Waals surface area contributed by atoms with Crippen molar-refractivity contribution in [2.75, 3.05) is 13.2 Å². The van der Waals surface area contributed by atoms with Crippen LogP contribution in [0.4, 0.5) is 4.79 Å². The largest absolute Gasteiger partial charge is 0.489 e. The van der Waals surface area contributed by atoms with Crippen LogP contribution in [0.3, 0.4) is 0 Å². The summed E-state index contributed by atoms with van der Waals surface area (Å²) in [5.41, 5.74) is 1.42. The van der Waals surface area contributed by atoms with E-state index in [0.717, 1.165) is 5.56 Å². The van der Waals surface area contributed by atoms with Gasteiger partial charge in [0, 0.05) is 18.0 Å². The lowest BCUT2D eigenvalue weighted by atomic mass is 10.1. The average Bonchev–Trinajstić information content (AvgIpc) is 3.36. The Bertz CT molecular complexity index is 1200. The number of hydrogen-bond acceptors (Lipinski definition) is 6. The van der Waals surface area contributed by atoms with Crippen molar-refractivity contribution in [3.05, 3.63) is 65.4 Å². The minimum absolute atomic E-state index is 0.207. The van der Waals surface area contributed by atoms with Crippen LogP contribution in [-0.4, -0.2) is 52.8 Å². The van der Waals surface area contributed by atoms with E-state index in [4.69, 9.17) is 13.9 Å². The van der Waals surface area contributed by atoms with E-state index in [1.165, 1.54) is 4.90 Å². The van der Waals surface area contributed by atoms with Gasteiger partial charge in [-0.2, -0.15) is 0 Å². The molecule has 0 aliphatic carbocycles. The molecule has 186 valence electrons. The molecule has 2 aromatic carbocycles. The van der Waals surface area contributed by atoms with Crippen LogP contribution in [0.5, 0.6) is 5.75 Å². The van der Waals surface area contributed by atoms with Gasteiger partial charge in [-0.3, -0.25) is 4.79 Å². The van der Waals surface area contributed by atoms with Gasteiger partial charge in [0.1, 0.15) is 29.3 Å². The Kier molecular flexibility index (Phi) is 7.03. The highest BCUT2D eigenvalue weighted by atomic mass is 16.6. The molecule has 0 unspecified atom stereocenters. The molecule has 1 aliphatic rings. The Morgan fingerprint density at radius 2 is 1.91 bits per heavy atom. The molecule has 2 atom stereocenters. The summed E-state index contributed by atoms with van der Waals surface area (Å²) in [5, 5.41) is 13.4. The summed E-state index contributed by atoms with van der Waals surface area (Å²) in [6.07, 6.45) is -0.0691. The van der Waals surface area contributed by atoms with Crippen LogP contribution in [0.1, 0.15) is 48.9 Å². The van der Waals surface area contributed by atoms with Crippen molar-refractivity contribution in [2.24, 2.45) is 0 Å². The quantitative estimate of drug-likeness (QED) is 0.542. The van der Waals surface area contributed by atoms with Crippen molar-refractivity contribution in [1.82, 2.24) is 10.2 Å². The summed E-state index contributed by atoms with van der Waals surface area (Å²) < 4.78 is 17.2. The van der Waals surface area contributed by atoms with E-state index >= 15 is 0 Å². The van der Waals surface area contributed by atoms with Crippen molar-refractivity contribution in [3.8, 4) is 5.75 Å². The fourth-order valence-electron chi connectivity index (χ4n) is 4.31. The Morgan fingerprint density at radius 1 is 1.17 bits per heavy atom. The lowest BCUT2D eigenvalue weighted by Crippen LogP contribution is -2.42. The topological polar surface area (TPSA) is 101 Å². The molecule has 2 N–H and O–H groups in total. The van der Waals surface area contributed by atoms with Crippen LogP contribution in [0.2, 0.25) is 0 Å². The van der Waals surface area contributed by atoms with Gasteiger partial charge in [-0.05, 0) is 57.9 Å². The molecule has 1 saturated heterocycles. The number of aliphatic hydroxyl groups is 1. The maximum Gasteiger partial charge on any atom is 0.410 e. The molecule has 8 nitrogen and oxygen atoms in total. The van der Waals surface area contributed by atoms with E-state index in [9.17, 15) is 14.7 Å². The fourth-order valence-corrected chi connectivity index (χ4v) is 4.31. The number of furan rings is 1. The zero-order chi connectivity index (χ0) is 25.2. The van der Waals surface area contributed by atoms with Crippen LogP contribution in [0, 0.1) is 6.92 Å². The molecule has 8 heteroatoms. The first kappa shape index (κ1) is 24.6. The maximum atomic E-state index is 13.3. The van der Waals surface area contributed by atoms with E-state index in [1.54, 1.807) is 33.8 Å². The molecule has 0 radical (unpaired) electrons. The second kappa shape index (κ2) is 10.00. The number of aliphatic hydroxyl groups excluding tert-OH is 1. The summed E-state index contributed by atoms with van der Waals surface area (Å²) in [4.78, 5) is 27.3. The number of carbonyl (C=O) groups is 2. The number of amides is 2. The van der Waals surface area contributed by atoms with Gasteiger partial charge in [-0.1, -0.05) is 30.3 Å². The number of carbonyl (C=O) groups excluding carboxylic acids is 2.